The van der Waals surface area contributed by atoms with Gasteiger partial charge in [-0.3, -0.25) is 0 Å². The zero-order valence-corrected chi connectivity index (χ0v) is 9.89. The second-order valence-corrected chi connectivity index (χ2v) is 4.41. The maximum absolute atomic E-state index is 8.58. The highest BCUT2D eigenvalue weighted by Crippen LogP contribution is 2.22. The van der Waals surface area contributed by atoms with Crippen LogP contribution in [0.5, 0.6) is 0 Å². The van der Waals surface area contributed by atoms with E-state index in [4.69, 9.17) is 5.26 Å². The van der Waals surface area contributed by atoms with Crippen molar-refractivity contribution in [3.63, 3.8) is 0 Å². The molecule has 0 heterocycles. The third-order valence-corrected chi connectivity index (χ3v) is 3.05. The van der Waals surface area contributed by atoms with Crippen LogP contribution in [0.25, 0.3) is 10.8 Å². The van der Waals surface area contributed by atoms with Crippen molar-refractivity contribution in [3.8, 4) is 6.07 Å². The van der Waals surface area contributed by atoms with Crippen molar-refractivity contribution in [3.05, 3.63) is 55.0 Å². The molecule has 0 fully saturated rings. The monoisotopic (exact) mass is 222 g/mol. The van der Waals surface area contributed by atoms with Gasteiger partial charge in [-0.1, -0.05) is 42.5 Å². The van der Waals surface area contributed by atoms with Crippen LogP contribution in [-0.2, 0) is 6.42 Å². The molecule has 0 bridgehead atoms. The first kappa shape index (κ1) is 11.7. The van der Waals surface area contributed by atoms with Crippen LogP contribution in [0, 0.1) is 24.2 Å². The molecule has 0 aliphatic rings. The van der Waals surface area contributed by atoms with Gasteiger partial charge >= 0.3 is 0 Å². The number of nitriles is 1. The van der Waals surface area contributed by atoms with Crippen LogP contribution in [0.4, 0.5) is 0 Å². The first-order valence-corrected chi connectivity index (χ1v) is 5.98. The van der Waals surface area contributed by atoms with Gasteiger partial charge in [-0.15, -0.1) is 0 Å². The summed E-state index contributed by atoms with van der Waals surface area (Å²) in [7, 11) is 0. The Labute approximate surface area is 103 Å². The lowest BCUT2D eigenvalue weighted by Gasteiger charge is -2.11. The minimum absolute atomic E-state index is 0.320. The number of hydrogen-bond donors (Lipinski definition) is 0. The summed E-state index contributed by atoms with van der Waals surface area (Å²) in [5.74, 6) is 0.320. The van der Waals surface area contributed by atoms with E-state index in [1.807, 2.05) is 0 Å². The average molecular weight is 222 g/mol. The largest absolute Gasteiger partial charge is 0.198 e. The molecule has 0 saturated heterocycles. The Kier molecular flexibility index (Phi) is 3.77. The van der Waals surface area contributed by atoms with Crippen molar-refractivity contribution in [1.29, 1.82) is 5.26 Å². The molecule has 0 N–H and O–H groups in total. The molecule has 85 valence electrons. The molecule has 2 rings (SSSR count). The zero-order valence-electron chi connectivity index (χ0n) is 9.89. The first-order chi connectivity index (χ1) is 8.31. The molecule has 2 aromatic carbocycles. The minimum atomic E-state index is 0.320. The Balaban J connectivity index is 2.21. The van der Waals surface area contributed by atoms with Crippen molar-refractivity contribution in [2.24, 2.45) is 5.92 Å². The number of hydrogen-bond acceptors (Lipinski definition) is 1. The number of rotatable bonds is 4. The lowest BCUT2D eigenvalue weighted by Crippen LogP contribution is -2.00. The maximum atomic E-state index is 8.58. The van der Waals surface area contributed by atoms with Gasteiger partial charge in [0.15, 0.2) is 0 Å². The van der Waals surface area contributed by atoms with E-state index in [0.717, 1.165) is 12.8 Å². The SMILES string of the molecule is [CH2]C(CCC#N)Cc1cccc2ccccc12. The van der Waals surface area contributed by atoms with Gasteiger partial charge in [0.1, 0.15) is 0 Å². The van der Waals surface area contributed by atoms with Gasteiger partial charge in [-0.2, -0.15) is 5.26 Å². The van der Waals surface area contributed by atoms with E-state index in [0.29, 0.717) is 12.3 Å². The highest BCUT2D eigenvalue weighted by molar-refractivity contribution is 5.85. The number of benzene rings is 2. The summed E-state index contributed by atoms with van der Waals surface area (Å²) in [6, 6.07) is 17.0. The van der Waals surface area contributed by atoms with Gasteiger partial charge < -0.3 is 0 Å². The Hall–Kier alpha value is -1.81. The summed E-state index contributed by atoms with van der Waals surface area (Å²) in [4.78, 5) is 0. The first-order valence-electron chi connectivity index (χ1n) is 5.98. The summed E-state index contributed by atoms with van der Waals surface area (Å²) in [6.45, 7) is 4.13. The maximum Gasteiger partial charge on any atom is 0.0621 e. The van der Waals surface area contributed by atoms with Crippen LogP contribution in [0.2, 0.25) is 0 Å². The number of fused-ring (bicyclic) bond motifs is 1. The van der Waals surface area contributed by atoms with Crippen molar-refractivity contribution in [2.75, 3.05) is 0 Å². The molecular weight excluding hydrogens is 206 g/mol. The summed E-state index contributed by atoms with van der Waals surface area (Å²) in [5, 5.41) is 11.2. The molecule has 1 nitrogen and oxygen atoms in total. The Morgan fingerprint density at radius 1 is 1.12 bits per heavy atom. The molecule has 0 aliphatic heterocycles. The quantitative estimate of drug-likeness (QED) is 0.762. The van der Waals surface area contributed by atoms with Crippen LogP contribution in [0.15, 0.2) is 42.5 Å². The fourth-order valence-corrected chi connectivity index (χ4v) is 2.15. The van der Waals surface area contributed by atoms with Gasteiger partial charge in [-0.25, -0.2) is 0 Å². The van der Waals surface area contributed by atoms with E-state index >= 15 is 0 Å². The number of nitrogens with zero attached hydrogens (tertiary/aromatic N) is 1. The standard InChI is InChI=1S/C16H16N/c1-13(6-5-11-17)12-15-9-4-8-14-7-2-3-10-16(14)15/h2-4,7-10,13H,1,5-6,12H2. The zero-order chi connectivity index (χ0) is 12.1. The van der Waals surface area contributed by atoms with Crippen LogP contribution >= 0.6 is 0 Å². The smallest absolute Gasteiger partial charge is 0.0621 e. The van der Waals surface area contributed by atoms with Crippen LogP contribution in [0.1, 0.15) is 18.4 Å². The van der Waals surface area contributed by atoms with Crippen molar-refractivity contribution in [2.45, 2.75) is 19.3 Å². The molecule has 2 aromatic rings. The van der Waals surface area contributed by atoms with Gasteiger partial charge in [0, 0.05) is 6.42 Å². The molecule has 1 unspecified atom stereocenters. The molecule has 0 spiro atoms. The Morgan fingerprint density at radius 3 is 2.71 bits per heavy atom. The molecule has 0 aliphatic carbocycles. The third kappa shape index (κ3) is 2.85. The highest BCUT2D eigenvalue weighted by atomic mass is 14.2. The summed E-state index contributed by atoms with van der Waals surface area (Å²) < 4.78 is 0. The lowest BCUT2D eigenvalue weighted by atomic mass is 9.93. The van der Waals surface area contributed by atoms with Gasteiger partial charge in [0.05, 0.1) is 6.07 Å². The Morgan fingerprint density at radius 2 is 1.88 bits per heavy atom. The Bertz CT molecular complexity index is 531. The van der Waals surface area contributed by atoms with Crippen molar-refractivity contribution in [1.82, 2.24) is 0 Å². The summed E-state index contributed by atoms with van der Waals surface area (Å²) in [6.07, 6.45) is 2.42. The van der Waals surface area contributed by atoms with E-state index in [-0.39, 0.29) is 0 Å². The highest BCUT2D eigenvalue weighted by Gasteiger charge is 2.06. The fraction of sp³-hybridized carbons (Fsp3) is 0.250. The molecule has 17 heavy (non-hydrogen) atoms. The van der Waals surface area contributed by atoms with E-state index in [1.165, 1.54) is 16.3 Å². The van der Waals surface area contributed by atoms with Gasteiger partial charge in [-0.05, 0) is 42.0 Å². The topological polar surface area (TPSA) is 23.8 Å². The van der Waals surface area contributed by atoms with Crippen LogP contribution < -0.4 is 0 Å². The molecule has 1 heteroatoms. The molecule has 0 saturated carbocycles. The predicted molar refractivity (Wildman–Crippen MR) is 71.3 cm³/mol. The lowest BCUT2D eigenvalue weighted by molar-refractivity contribution is 0.596. The fourth-order valence-electron chi connectivity index (χ4n) is 2.15. The van der Waals surface area contributed by atoms with E-state index in [9.17, 15) is 0 Å². The predicted octanol–water partition coefficient (Wildman–Crippen LogP) is 4.14. The van der Waals surface area contributed by atoms with E-state index < -0.39 is 0 Å². The minimum Gasteiger partial charge on any atom is -0.198 e. The summed E-state index contributed by atoms with van der Waals surface area (Å²) in [5.41, 5.74) is 1.33. The van der Waals surface area contributed by atoms with Gasteiger partial charge in [0.2, 0.25) is 0 Å². The molecule has 0 amide bonds. The molecule has 1 radical (unpaired) electrons. The average Bonchev–Trinajstić information content (AvgIpc) is 2.37. The van der Waals surface area contributed by atoms with Crippen molar-refractivity contribution < 1.29 is 0 Å². The normalized spacial score (nSPS) is 12.2. The van der Waals surface area contributed by atoms with Gasteiger partial charge in [0.25, 0.3) is 0 Å². The second kappa shape index (κ2) is 5.50. The summed E-state index contributed by atoms with van der Waals surface area (Å²) >= 11 is 0. The molecular formula is C16H16N. The van der Waals surface area contributed by atoms with Crippen molar-refractivity contribution >= 4 is 10.8 Å². The van der Waals surface area contributed by atoms with Crippen LogP contribution in [-0.4, -0.2) is 0 Å². The third-order valence-electron chi connectivity index (χ3n) is 3.05. The van der Waals surface area contributed by atoms with Crippen LogP contribution in [0.3, 0.4) is 0 Å². The molecule has 1 atom stereocenters. The van der Waals surface area contributed by atoms with E-state index in [2.05, 4.69) is 55.5 Å². The molecule has 0 aromatic heterocycles. The second-order valence-electron chi connectivity index (χ2n) is 4.41. The van der Waals surface area contributed by atoms with E-state index in [1.54, 1.807) is 0 Å².